The van der Waals surface area contributed by atoms with E-state index in [1.807, 2.05) is 0 Å². The standard InChI is InChI=1S/C13H12FNO3/c14-9(8-16)4-3-7-15-12(17)10-5-1-2-6-11(10)13(15)18/h1-2,4-6,16H,3,7-8H2/b9-4-. The average molecular weight is 249 g/mol. The number of aliphatic hydroxyl groups excluding tert-OH is 1. The molecule has 0 saturated heterocycles. The third kappa shape index (κ3) is 2.17. The van der Waals surface area contributed by atoms with Crippen LogP contribution >= 0.6 is 0 Å². The summed E-state index contributed by atoms with van der Waals surface area (Å²) in [6.45, 7) is -0.554. The van der Waals surface area contributed by atoms with E-state index >= 15 is 0 Å². The summed E-state index contributed by atoms with van der Waals surface area (Å²) in [5, 5.41) is 8.48. The fourth-order valence-corrected chi connectivity index (χ4v) is 1.86. The van der Waals surface area contributed by atoms with Crippen molar-refractivity contribution in [2.75, 3.05) is 13.2 Å². The lowest BCUT2D eigenvalue weighted by Crippen LogP contribution is -2.30. The molecule has 0 saturated carbocycles. The maximum Gasteiger partial charge on any atom is 0.261 e. The zero-order chi connectivity index (χ0) is 13.1. The van der Waals surface area contributed by atoms with Crippen LogP contribution in [0.2, 0.25) is 0 Å². The van der Waals surface area contributed by atoms with Crippen LogP contribution in [0.3, 0.4) is 0 Å². The van der Waals surface area contributed by atoms with Gasteiger partial charge in [0.1, 0.15) is 5.83 Å². The summed E-state index contributed by atoms with van der Waals surface area (Å²) in [7, 11) is 0. The molecule has 1 N–H and O–H groups in total. The van der Waals surface area contributed by atoms with E-state index < -0.39 is 12.4 Å². The van der Waals surface area contributed by atoms with Crippen molar-refractivity contribution in [3.05, 3.63) is 47.3 Å². The summed E-state index contributed by atoms with van der Waals surface area (Å²) < 4.78 is 12.7. The molecular weight excluding hydrogens is 237 g/mol. The molecule has 0 unspecified atom stereocenters. The molecule has 2 rings (SSSR count). The van der Waals surface area contributed by atoms with Crippen molar-refractivity contribution in [2.45, 2.75) is 6.42 Å². The first-order valence-electron chi connectivity index (χ1n) is 5.55. The minimum absolute atomic E-state index is 0.111. The Hall–Kier alpha value is -2.01. The van der Waals surface area contributed by atoms with E-state index in [0.29, 0.717) is 11.1 Å². The second-order valence-electron chi connectivity index (χ2n) is 3.91. The Balaban J connectivity index is 2.10. The average Bonchev–Trinajstić information content (AvgIpc) is 2.64. The Morgan fingerprint density at radius 1 is 1.22 bits per heavy atom. The molecular formula is C13H12FNO3. The van der Waals surface area contributed by atoms with Gasteiger partial charge in [-0.25, -0.2) is 4.39 Å². The number of halogens is 1. The van der Waals surface area contributed by atoms with Crippen LogP contribution in [0.4, 0.5) is 4.39 Å². The van der Waals surface area contributed by atoms with Gasteiger partial charge in [0.05, 0.1) is 17.7 Å². The number of fused-ring (bicyclic) bond motifs is 1. The maximum absolute atomic E-state index is 12.7. The molecule has 5 heteroatoms. The molecule has 0 fully saturated rings. The van der Waals surface area contributed by atoms with Crippen molar-refractivity contribution in [3.8, 4) is 0 Å². The molecule has 0 spiro atoms. The normalized spacial score (nSPS) is 15.2. The van der Waals surface area contributed by atoms with E-state index in [9.17, 15) is 14.0 Å². The van der Waals surface area contributed by atoms with E-state index in [4.69, 9.17) is 5.11 Å². The first-order chi connectivity index (χ1) is 8.65. The second kappa shape index (κ2) is 5.10. The smallest absolute Gasteiger partial charge is 0.261 e. The molecule has 0 radical (unpaired) electrons. The molecule has 0 atom stereocenters. The zero-order valence-corrected chi connectivity index (χ0v) is 9.60. The predicted octanol–water partition coefficient (Wildman–Crippen LogP) is 1.52. The Kier molecular flexibility index (Phi) is 3.53. The van der Waals surface area contributed by atoms with Gasteiger partial charge in [-0.1, -0.05) is 12.1 Å². The summed E-state index contributed by atoms with van der Waals surface area (Å²) in [6, 6.07) is 6.58. The van der Waals surface area contributed by atoms with Crippen molar-refractivity contribution in [2.24, 2.45) is 0 Å². The highest BCUT2D eigenvalue weighted by Crippen LogP contribution is 2.22. The number of carbonyl (C=O) groups is 2. The fraction of sp³-hybridized carbons (Fsp3) is 0.231. The first-order valence-corrected chi connectivity index (χ1v) is 5.55. The lowest BCUT2D eigenvalue weighted by molar-refractivity contribution is 0.0657. The minimum Gasteiger partial charge on any atom is -0.389 e. The van der Waals surface area contributed by atoms with Crippen LogP contribution in [-0.4, -0.2) is 35.0 Å². The van der Waals surface area contributed by atoms with Gasteiger partial charge in [-0.3, -0.25) is 14.5 Å². The molecule has 0 bridgehead atoms. The van der Waals surface area contributed by atoms with Gasteiger partial charge in [-0.2, -0.15) is 0 Å². The summed E-state index contributed by atoms with van der Waals surface area (Å²) >= 11 is 0. The molecule has 4 nitrogen and oxygen atoms in total. The lowest BCUT2D eigenvalue weighted by atomic mass is 10.1. The number of aliphatic hydroxyl groups is 1. The summed E-state index contributed by atoms with van der Waals surface area (Å²) in [5.74, 6) is -1.37. The van der Waals surface area contributed by atoms with Gasteiger partial charge in [-0.15, -0.1) is 0 Å². The van der Waals surface area contributed by atoms with Gasteiger partial charge in [0, 0.05) is 6.54 Å². The van der Waals surface area contributed by atoms with Crippen LogP contribution < -0.4 is 0 Å². The Labute approximate surface area is 103 Å². The Morgan fingerprint density at radius 3 is 2.28 bits per heavy atom. The predicted molar refractivity (Wildman–Crippen MR) is 62.7 cm³/mol. The lowest BCUT2D eigenvalue weighted by Gasteiger charge is -2.11. The quantitative estimate of drug-likeness (QED) is 0.823. The molecule has 1 aliphatic heterocycles. The van der Waals surface area contributed by atoms with Gasteiger partial charge in [0.15, 0.2) is 0 Å². The molecule has 1 aromatic rings. The largest absolute Gasteiger partial charge is 0.389 e. The number of hydrogen-bond donors (Lipinski definition) is 1. The fourth-order valence-electron chi connectivity index (χ4n) is 1.86. The molecule has 0 aromatic heterocycles. The molecule has 94 valence electrons. The highest BCUT2D eigenvalue weighted by atomic mass is 19.1. The van der Waals surface area contributed by atoms with Gasteiger partial charge >= 0.3 is 0 Å². The number of rotatable bonds is 4. The third-order valence-electron chi connectivity index (χ3n) is 2.75. The van der Waals surface area contributed by atoms with E-state index in [1.54, 1.807) is 24.3 Å². The number of imide groups is 1. The number of carbonyl (C=O) groups excluding carboxylic acids is 2. The summed E-state index contributed by atoms with van der Waals surface area (Å²) in [5.41, 5.74) is 0.767. The van der Waals surface area contributed by atoms with Crippen LogP contribution in [0.25, 0.3) is 0 Å². The van der Waals surface area contributed by atoms with E-state index in [2.05, 4.69) is 0 Å². The highest BCUT2D eigenvalue weighted by Gasteiger charge is 2.34. The molecule has 18 heavy (non-hydrogen) atoms. The van der Waals surface area contributed by atoms with Crippen LogP contribution in [0, 0.1) is 0 Å². The summed E-state index contributed by atoms with van der Waals surface area (Å²) in [6.07, 6.45) is 1.36. The van der Waals surface area contributed by atoms with Gasteiger partial charge in [0.2, 0.25) is 0 Å². The van der Waals surface area contributed by atoms with Gasteiger partial charge in [0.25, 0.3) is 11.8 Å². The molecule has 1 aliphatic rings. The van der Waals surface area contributed by atoms with Crippen molar-refractivity contribution in [1.82, 2.24) is 4.90 Å². The van der Waals surface area contributed by atoms with Crippen molar-refractivity contribution >= 4 is 11.8 Å². The number of benzene rings is 1. The van der Waals surface area contributed by atoms with Crippen LogP contribution in [-0.2, 0) is 0 Å². The second-order valence-corrected chi connectivity index (χ2v) is 3.91. The van der Waals surface area contributed by atoms with Crippen molar-refractivity contribution in [3.63, 3.8) is 0 Å². The zero-order valence-electron chi connectivity index (χ0n) is 9.60. The Morgan fingerprint density at radius 2 is 1.78 bits per heavy atom. The van der Waals surface area contributed by atoms with Crippen molar-refractivity contribution < 1.29 is 19.1 Å². The number of hydrogen-bond acceptors (Lipinski definition) is 3. The van der Waals surface area contributed by atoms with Gasteiger partial charge < -0.3 is 5.11 Å². The van der Waals surface area contributed by atoms with Crippen LogP contribution in [0.5, 0.6) is 0 Å². The maximum atomic E-state index is 12.7. The number of nitrogens with zero attached hydrogens (tertiary/aromatic N) is 1. The van der Waals surface area contributed by atoms with E-state index in [-0.39, 0.29) is 24.8 Å². The SMILES string of the molecule is O=C1c2ccccc2C(=O)N1CC/C=C(\F)CO. The van der Waals surface area contributed by atoms with Gasteiger partial charge in [-0.05, 0) is 24.6 Å². The molecule has 1 aromatic carbocycles. The Bertz CT molecular complexity index is 490. The summed E-state index contributed by atoms with van der Waals surface area (Å²) in [4.78, 5) is 24.9. The van der Waals surface area contributed by atoms with Crippen LogP contribution in [0.1, 0.15) is 27.1 Å². The third-order valence-corrected chi connectivity index (χ3v) is 2.75. The highest BCUT2D eigenvalue weighted by molar-refractivity contribution is 6.21. The topological polar surface area (TPSA) is 57.6 Å². The monoisotopic (exact) mass is 249 g/mol. The molecule has 0 aliphatic carbocycles. The number of amides is 2. The van der Waals surface area contributed by atoms with Crippen LogP contribution in [0.15, 0.2) is 36.2 Å². The molecule has 2 amide bonds. The van der Waals surface area contributed by atoms with Crippen molar-refractivity contribution in [1.29, 1.82) is 0 Å². The molecule has 1 heterocycles. The van der Waals surface area contributed by atoms with E-state index in [1.165, 1.54) is 6.08 Å². The van der Waals surface area contributed by atoms with E-state index in [0.717, 1.165) is 4.90 Å². The first kappa shape index (κ1) is 12.4. The minimum atomic E-state index is -0.665.